The highest BCUT2D eigenvalue weighted by Crippen LogP contribution is 2.38. The third-order valence-electron chi connectivity index (χ3n) is 4.32. The van der Waals surface area contributed by atoms with E-state index in [1.54, 1.807) is 0 Å². The van der Waals surface area contributed by atoms with E-state index in [9.17, 15) is 0 Å². The van der Waals surface area contributed by atoms with Gasteiger partial charge in [-0.3, -0.25) is 4.99 Å². The van der Waals surface area contributed by atoms with Crippen LogP contribution in [0, 0.1) is 5.41 Å². The molecule has 2 aliphatic rings. The molecule has 0 aromatic rings. The van der Waals surface area contributed by atoms with E-state index in [2.05, 4.69) is 44.1 Å². The van der Waals surface area contributed by atoms with E-state index in [-0.39, 0.29) is 0 Å². The molecule has 1 saturated carbocycles. The van der Waals surface area contributed by atoms with Crippen molar-refractivity contribution in [1.29, 1.82) is 0 Å². The molecule has 0 radical (unpaired) electrons. The van der Waals surface area contributed by atoms with Crippen molar-refractivity contribution in [2.24, 2.45) is 10.4 Å². The number of thioether (sulfide) groups is 2. The number of hydrogen-bond donors (Lipinski definition) is 1. The van der Waals surface area contributed by atoms with Gasteiger partial charge >= 0.3 is 0 Å². The highest BCUT2D eigenvalue weighted by atomic mass is 32.2. The molecule has 1 unspecified atom stereocenters. The number of amidine groups is 1. The van der Waals surface area contributed by atoms with Gasteiger partial charge in [0.15, 0.2) is 5.17 Å². The molecule has 1 N–H and O–H groups in total. The summed E-state index contributed by atoms with van der Waals surface area (Å²) in [4.78, 5) is 4.71. The number of nitrogens with zero attached hydrogens (tertiary/aromatic N) is 1. The third-order valence-corrected chi connectivity index (χ3v) is 6.88. The summed E-state index contributed by atoms with van der Waals surface area (Å²) in [6.07, 6.45) is 10.5. The standard InChI is InChI=1S/C16H30N2S2/c1-15(2,3)10-13-11-17-14(20-13)18-12-16(19-4)8-6-5-7-9-16/h13H,5-12H2,1-4H3,(H,17,18). The van der Waals surface area contributed by atoms with Gasteiger partial charge in [0.1, 0.15) is 0 Å². The van der Waals surface area contributed by atoms with Gasteiger partial charge in [-0.25, -0.2) is 0 Å². The first-order chi connectivity index (χ1) is 9.42. The van der Waals surface area contributed by atoms with Gasteiger partial charge in [0, 0.05) is 16.5 Å². The molecule has 2 rings (SSSR count). The molecular formula is C16H30N2S2. The second-order valence-electron chi connectivity index (χ2n) is 7.45. The van der Waals surface area contributed by atoms with E-state index in [0.717, 1.165) is 13.1 Å². The van der Waals surface area contributed by atoms with Crippen LogP contribution in [0.3, 0.4) is 0 Å². The van der Waals surface area contributed by atoms with Crippen LogP contribution < -0.4 is 5.32 Å². The average Bonchev–Trinajstić information content (AvgIpc) is 2.83. The lowest BCUT2D eigenvalue weighted by atomic mass is 9.88. The monoisotopic (exact) mass is 314 g/mol. The molecule has 0 saturated heterocycles. The molecular weight excluding hydrogens is 284 g/mol. The average molecular weight is 315 g/mol. The molecule has 116 valence electrons. The number of hydrogen-bond acceptors (Lipinski definition) is 4. The van der Waals surface area contributed by atoms with E-state index in [0.29, 0.717) is 15.4 Å². The van der Waals surface area contributed by atoms with Crippen molar-refractivity contribution < 1.29 is 0 Å². The van der Waals surface area contributed by atoms with E-state index < -0.39 is 0 Å². The summed E-state index contributed by atoms with van der Waals surface area (Å²) in [6.45, 7) is 9.07. The molecule has 20 heavy (non-hydrogen) atoms. The summed E-state index contributed by atoms with van der Waals surface area (Å²) in [7, 11) is 0. The first-order valence-corrected chi connectivity index (χ1v) is 10.0. The maximum absolute atomic E-state index is 4.71. The molecule has 1 fully saturated rings. The molecule has 0 aromatic carbocycles. The van der Waals surface area contributed by atoms with Crippen molar-refractivity contribution >= 4 is 28.7 Å². The fourth-order valence-electron chi connectivity index (χ4n) is 3.19. The zero-order valence-corrected chi connectivity index (χ0v) is 15.1. The second-order valence-corrected chi connectivity index (χ2v) is 10.0. The summed E-state index contributed by atoms with van der Waals surface area (Å²) in [6, 6.07) is 0. The van der Waals surface area contributed by atoms with Gasteiger partial charge in [0.25, 0.3) is 0 Å². The predicted molar refractivity (Wildman–Crippen MR) is 95.1 cm³/mol. The Bertz CT molecular complexity index is 341. The Labute approximate surface area is 133 Å². The molecule has 1 heterocycles. The summed E-state index contributed by atoms with van der Waals surface area (Å²) in [5, 5.41) is 5.52. The van der Waals surface area contributed by atoms with Crippen LogP contribution in [0.25, 0.3) is 0 Å². The largest absolute Gasteiger partial charge is 0.364 e. The van der Waals surface area contributed by atoms with Crippen molar-refractivity contribution in [3.8, 4) is 0 Å². The normalized spacial score (nSPS) is 26.4. The summed E-state index contributed by atoms with van der Waals surface area (Å²) >= 11 is 4.03. The molecule has 4 heteroatoms. The van der Waals surface area contributed by atoms with Crippen LogP contribution in [0.15, 0.2) is 4.99 Å². The van der Waals surface area contributed by atoms with Gasteiger partial charge in [0.2, 0.25) is 0 Å². The quantitative estimate of drug-likeness (QED) is 0.824. The lowest BCUT2D eigenvalue weighted by Crippen LogP contribution is -2.40. The molecule has 1 aliphatic heterocycles. The zero-order chi connectivity index (χ0) is 14.6. The molecule has 2 nitrogen and oxygen atoms in total. The highest BCUT2D eigenvalue weighted by molar-refractivity contribution is 8.14. The maximum atomic E-state index is 4.71. The second kappa shape index (κ2) is 6.95. The molecule has 0 spiro atoms. The van der Waals surface area contributed by atoms with Crippen LogP contribution in [-0.4, -0.2) is 34.5 Å². The van der Waals surface area contributed by atoms with E-state index in [4.69, 9.17) is 4.99 Å². The van der Waals surface area contributed by atoms with Gasteiger partial charge in [-0.2, -0.15) is 11.8 Å². The Morgan fingerprint density at radius 2 is 2.00 bits per heavy atom. The Kier molecular flexibility index (Phi) is 5.75. The van der Waals surface area contributed by atoms with Crippen LogP contribution in [-0.2, 0) is 0 Å². The summed E-state index contributed by atoms with van der Waals surface area (Å²) in [5.41, 5.74) is 0.409. The first-order valence-electron chi connectivity index (χ1n) is 7.93. The maximum Gasteiger partial charge on any atom is 0.156 e. The van der Waals surface area contributed by atoms with Gasteiger partial charge in [0.05, 0.1) is 6.54 Å². The Balaban J connectivity index is 1.77. The van der Waals surface area contributed by atoms with Crippen molar-refractivity contribution in [2.45, 2.75) is 69.3 Å². The van der Waals surface area contributed by atoms with Gasteiger partial charge in [-0.15, -0.1) is 0 Å². The topological polar surface area (TPSA) is 24.4 Å². The van der Waals surface area contributed by atoms with Gasteiger partial charge < -0.3 is 5.32 Å². The van der Waals surface area contributed by atoms with Gasteiger partial charge in [-0.1, -0.05) is 51.8 Å². The smallest absolute Gasteiger partial charge is 0.156 e. The molecule has 0 bridgehead atoms. The lowest BCUT2D eigenvalue weighted by Gasteiger charge is -2.36. The van der Waals surface area contributed by atoms with E-state index in [1.807, 2.05) is 11.8 Å². The van der Waals surface area contributed by atoms with Crippen molar-refractivity contribution in [2.75, 3.05) is 19.3 Å². The van der Waals surface area contributed by atoms with Crippen molar-refractivity contribution in [3.05, 3.63) is 0 Å². The van der Waals surface area contributed by atoms with E-state index in [1.165, 1.54) is 43.7 Å². The minimum Gasteiger partial charge on any atom is -0.364 e. The SMILES string of the molecule is CSC1(CNC2=NCC(CC(C)(C)C)S2)CCCCC1. The summed E-state index contributed by atoms with van der Waals surface area (Å²) in [5.74, 6) is 0. The van der Waals surface area contributed by atoms with Crippen LogP contribution in [0.5, 0.6) is 0 Å². The minimum absolute atomic E-state index is 0.409. The van der Waals surface area contributed by atoms with Crippen LogP contribution >= 0.6 is 23.5 Å². The van der Waals surface area contributed by atoms with Crippen molar-refractivity contribution in [3.63, 3.8) is 0 Å². The lowest BCUT2D eigenvalue weighted by molar-refractivity contribution is 0.375. The van der Waals surface area contributed by atoms with Gasteiger partial charge in [-0.05, 0) is 30.9 Å². The number of aliphatic imine (C=N–C) groups is 1. The Morgan fingerprint density at radius 3 is 2.60 bits per heavy atom. The molecule has 0 amide bonds. The minimum atomic E-state index is 0.409. The van der Waals surface area contributed by atoms with Crippen LogP contribution in [0.2, 0.25) is 0 Å². The Morgan fingerprint density at radius 1 is 1.30 bits per heavy atom. The highest BCUT2D eigenvalue weighted by Gasteiger charge is 2.32. The van der Waals surface area contributed by atoms with Crippen molar-refractivity contribution in [1.82, 2.24) is 5.32 Å². The van der Waals surface area contributed by atoms with E-state index >= 15 is 0 Å². The Hall–Kier alpha value is 0.170. The molecule has 0 aromatic heterocycles. The first kappa shape index (κ1) is 16.5. The summed E-state index contributed by atoms with van der Waals surface area (Å²) < 4.78 is 0.462. The van der Waals surface area contributed by atoms with Crippen LogP contribution in [0.1, 0.15) is 59.3 Å². The zero-order valence-electron chi connectivity index (χ0n) is 13.5. The number of rotatable bonds is 4. The molecule has 1 atom stereocenters. The molecule has 1 aliphatic carbocycles. The fraction of sp³-hybridized carbons (Fsp3) is 0.938. The number of nitrogens with one attached hydrogen (secondary N) is 1. The predicted octanol–water partition coefficient (Wildman–Crippen LogP) is 4.55. The fourth-order valence-corrected chi connectivity index (χ4v) is 5.46. The van der Waals surface area contributed by atoms with Crippen LogP contribution in [0.4, 0.5) is 0 Å². The third kappa shape index (κ3) is 4.87.